The molecule has 13 rings (SSSR count). The van der Waals surface area contributed by atoms with E-state index in [1.807, 2.05) is 12.1 Å². The Morgan fingerprint density at radius 3 is 0.944 bits per heavy atom. The molecule has 5 saturated carbocycles. The molecule has 4 heterocycles. The van der Waals surface area contributed by atoms with Gasteiger partial charge in [0.05, 0.1) is 107 Å². The summed E-state index contributed by atoms with van der Waals surface area (Å²) >= 11 is 0. The van der Waals surface area contributed by atoms with E-state index < -0.39 is 40.0 Å². The van der Waals surface area contributed by atoms with Crippen molar-refractivity contribution in [3.63, 3.8) is 0 Å². The van der Waals surface area contributed by atoms with Crippen molar-refractivity contribution in [1.29, 1.82) is 0 Å². The average Bonchev–Trinajstić information content (AvgIpc) is 1.39. The molecule has 16 heteroatoms. The van der Waals surface area contributed by atoms with Crippen molar-refractivity contribution < 1.29 is 64.2 Å². The van der Waals surface area contributed by atoms with Gasteiger partial charge in [0.15, 0.2) is 0 Å². The normalized spacial score (nSPS) is 28.1. The van der Waals surface area contributed by atoms with Crippen LogP contribution in [0.15, 0.2) is 109 Å². The number of unbranched alkanes of at least 4 members (excludes halogenated alkanes) is 37. The number of aliphatic hydroxyl groups is 2. The molecular formula is C109H182N4O10Si2+4. The van der Waals surface area contributed by atoms with Gasteiger partial charge in [-0.05, 0) is 175 Å². The number of benzene rings is 4. The second-order valence-corrected chi connectivity index (χ2v) is 48.8. The van der Waals surface area contributed by atoms with Crippen LogP contribution in [0, 0.1) is 23.7 Å². The Morgan fingerprint density at radius 2 is 0.608 bits per heavy atom. The summed E-state index contributed by atoms with van der Waals surface area (Å²) in [5, 5.41) is 25.2. The van der Waals surface area contributed by atoms with Crippen LogP contribution in [-0.2, 0) is 37.8 Å². The van der Waals surface area contributed by atoms with Crippen LogP contribution >= 0.6 is 0 Å². The highest BCUT2D eigenvalue weighted by Crippen LogP contribution is 2.98. The Hall–Kier alpha value is -3.57. The summed E-state index contributed by atoms with van der Waals surface area (Å²) in [5.74, 6) is 3.83. The maximum Gasteiger partial charge on any atom is 0.502 e. The van der Waals surface area contributed by atoms with Gasteiger partial charge in [0.25, 0.3) is 0 Å². The quantitative estimate of drug-likeness (QED) is 0.0252. The summed E-state index contributed by atoms with van der Waals surface area (Å²) in [7, 11) is 9.09. The summed E-state index contributed by atoms with van der Waals surface area (Å²) in [6, 6.07) is 39.1. The van der Waals surface area contributed by atoms with Gasteiger partial charge in [0.1, 0.15) is 71.3 Å². The predicted molar refractivity (Wildman–Crippen MR) is 517 cm³/mol. The predicted octanol–water partition coefficient (Wildman–Crippen LogP) is 25.1. The molecule has 4 saturated heterocycles. The highest BCUT2D eigenvalue weighted by atomic mass is 28.4. The molecule has 5 aliphatic carbocycles. The maximum absolute atomic E-state index is 12.6. The minimum Gasteiger partial charge on any atom is -0.494 e. The van der Waals surface area contributed by atoms with Gasteiger partial charge in [0.2, 0.25) is 0 Å². The van der Waals surface area contributed by atoms with E-state index >= 15 is 0 Å². The summed E-state index contributed by atoms with van der Waals surface area (Å²) in [6.45, 7) is 23.7. The molecule has 4 spiro atoms. The monoisotopic (exact) mass is 1760 g/mol. The van der Waals surface area contributed by atoms with Crippen molar-refractivity contribution in [2.75, 3.05) is 121 Å². The highest BCUT2D eigenvalue weighted by molar-refractivity contribution is 6.64. The van der Waals surface area contributed by atoms with Gasteiger partial charge < -0.3 is 64.2 Å². The lowest BCUT2D eigenvalue weighted by Gasteiger charge is -2.95. The van der Waals surface area contributed by atoms with E-state index in [0.29, 0.717) is 36.5 Å². The maximum atomic E-state index is 12.6. The Balaban J connectivity index is 0.478. The lowest BCUT2D eigenvalue weighted by Crippen LogP contribution is -3.11. The topological polar surface area (TPSA) is 114 Å². The minimum absolute atomic E-state index is 0.133. The lowest BCUT2D eigenvalue weighted by molar-refractivity contribution is -0.955. The third-order valence-electron chi connectivity index (χ3n) is 33.3. The minimum atomic E-state index is -2.92. The van der Waals surface area contributed by atoms with E-state index in [0.717, 1.165) is 164 Å². The van der Waals surface area contributed by atoms with Crippen LogP contribution in [0.5, 0.6) is 11.5 Å². The highest BCUT2D eigenvalue weighted by Gasteiger charge is 3.14. The third-order valence-corrected chi connectivity index (χ3v) is 39.0. The Bertz CT molecular complexity index is 3790. The first kappa shape index (κ1) is 98.9. The van der Waals surface area contributed by atoms with Gasteiger partial charge in [-0.1, -0.05) is 299 Å². The Morgan fingerprint density at radius 1 is 0.312 bits per heavy atom. The van der Waals surface area contributed by atoms with Crippen LogP contribution in [0.1, 0.15) is 365 Å². The molecule has 16 unspecified atom stereocenters. The molecule has 0 radical (unpaired) electrons. The molecule has 4 bridgehead atoms. The van der Waals surface area contributed by atoms with Crippen LogP contribution < -0.4 is 9.47 Å². The number of ether oxygens (including phenoxy) is 2. The van der Waals surface area contributed by atoms with Crippen LogP contribution in [0.25, 0.3) is 0 Å². The van der Waals surface area contributed by atoms with E-state index in [1.54, 1.807) is 0 Å². The molecule has 702 valence electrons. The SMILES string of the molecule is CCCCCCCCCCCC[N+](C)(C)CC[N+](C)(CCC)CCCCCCCOc1ccc(C(O)(CCCCCCCCC[Si]23OC4CC5C6C7C8CC9O[Si]%10(CCCCCCCCC(O)(c%11ccccc%11)c%11ccc(OCCCCCCC[N+](C)(CCC)CC[N+](C)(C)CCCCCCCCCCCC)cc%11)OC98C7(O%10)C6(O2)C45O3)c2ccccc2)cc1. The van der Waals surface area contributed by atoms with Crippen molar-refractivity contribution in [1.82, 2.24) is 0 Å². The number of hydrogen-bond acceptors (Lipinski definition) is 10. The fourth-order valence-corrected chi connectivity index (χ4v) is 33.3. The molecule has 2 N–H and O–H groups in total. The van der Waals surface area contributed by atoms with Crippen molar-refractivity contribution in [3.05, 3.63) is 131 Å². The number of quaternary nitrogens is 4. The standard InChI is InChI=1S/C109H182N4O10Si2/c1-11-15-17-19-21-23-25-30-38-54-78-110(5,6)82-84-112(9,76-13-3)80-56-40-34-42-58-86-116-96-70-66-94(67-71-96)104(114,92-62-48-46-49-63-92)74-52-36-28-27-32-44-60-88-124-118-100-90-98-102-103-99-91-101-107(99)109(103,108(102,122-124)106(98,100)120-124)123-125(119-101,121-107)89-61-45-33-29-37-53-75-105(115,93-64-50-47-51-65-93)95-68-72-97(73-69-95)117-87-59-43-35-41-57-81-113(10,77-14-4)85-83-111(7,8)79-55-39-31-26-24-22-20-18-16-12-2/h46-51,62-73,98-103,114-115H,11-45,52-61,74-91H2,1-10H3/q+4. The zero-order valence-electron chi connectivity index (χ0n) is 81.4. The summed E-state index contributed by atoms with van der Waals surface area (Å²) < 4.78 is 61.4. The zero-order valence-corrected chi connectivity index (χ0v) is 83.4. The van der Waals surface area contributed by atoms with Crippen LogP contribution in [0.2, 0.25) is 12.1 Å². The van der Waals surface area contributed by atoms with Gasteiger partial charge in [0, 0.05) is 35.8 Å². The molecule has 4 aromatic rings. The molecule has 4 aromatic carbocycles. The van der Waals surface area contributed by atoms with Crippen LogP contribution in [0.4, 0.5) is 0 Å². The fraction of sp³-hybridized carbons (Fsp3) is 0.780. The molecular weight excluding hydrogens is 1580 g/mol. The van der Waals surface area contributed by atoms with E-state index in [2.05, 4.69) is 167 Å². The average molecular weight is 1760 g/mol. The van der Waals surface area contributed by atoms with Crippen molar-refractivity contribution in [2.24, 2.45) is 23.7 Å². The third kappa shape index (κ3) is 22.8. The number of likely N-dealkylation sites (N-methyl/N-ethyl adjacent to an activating group) is 4. The van der Waals surface area contributed by atoms with Crippen molar-refractivity contribution in [3.8, 4) is 11.5 Å². The number of nitrogens with zero attached hydrogens (tertiary/aromatic N) is 4. The first-order chi connectivity index (χ1) is 60.6. The number of hydrogen-bond donors (Lipinski definition) is 2. The Labute approximate surface area is 764 Å². The Kier molecular flexibility index (Phi) is 36.3. The number of fused-ring (bicyclic) bond motifs is 5. The van der Waals surface area contributed by atoms with Gasteiger partial charge in [-0.3, -0.25) is 0 Å². The molecule has 0 aromatic heterocycles. The zero-order chi connectivity index (χ0) is 87.9. The van der Waals surface area contributed by atoms with Crippen LogP contribution in [0.3, 0.4) is 0 Å². The lowest BCUT2D eigenvalue weighted by atomic mass is 9.14. The fourth-order valence-electron chi connectivity index (χ4n) is 25.8. The molecule has 125 heavy (non-hydrogen) atoms. The second-order valence-electron chi connectivity index (χ2n) is 43.8. The van der Waals surface area contributed by atoms with Gasteiger partial charge >= 0.3 is 17.6 Å². The molecule has 4 aliphatic heterocycles. The summed E-state index contributed by atoms with van der Waals surface area (Å²) in [4.78, 5) is 0. The second kappa shape index (κ2) is 45.9. The van der Waals surface area contributed by atoms with Crippen molar-refractivity contribution in [2.45, 2.75) is 400 Å². The molecule has 16 atom stereocenters. The summed E-state index contributed by atoms with van der Waals surface area (Å²) in [5.41, 5.74) is 0.141. The number of rotatable bonds is 73. The van der Waals surface area contributed by atoms with E-state index in [4.69, 9.17) is 36.0 Å². The van der Waals surface area contributed by atoms with Gasteiger partial charge in [-0.25, -0.2) is 0 Å². The molecule has 9 aliphatic rings. The van der Waals surface area contributed by atoms with E-state index in [-0.39, 0.29) is 23.4 Å². The van der Waals surface area contributed by atoms with E-state index in [9.17, 15) is 10.2 Å². The van der Waals surface area contributed by atoms with Crippen LogP contribution in [-0.4, -0.2) is 201 Å². The smallest absolute Gasteiger partial charge is 0.494 e. The van der Waals surface area contributed by atoms with Gasteiger partial charge in [-0.2, -0.15) is 0 Å². The molecule has 0 amide bonds. The summed E-state index contributed by atoms with van der Waals surface area (Å²) in [6.07, 6.45) is 61.0. The first-order valence-electron chi connectivity index (χ1n) is 53.1. The molecule has 9 fully saturated rings. The first-order valence-corrected chi connectivity index (χ1v) is 57.0. The van der Waals surface area contributed by atoms with Crippen molar-refractivity contribution >= 4 is 17.6 Å². The molecule has 14 nitrogen and oxygen atoms in total. The van der Waals surface area contributed by atoms with Gasteiger partial charge in [-0.15, -0.1) is 0 Å². The van der Waals surface area contributed by atoms with E-state index in [1.165, 1.54) is 280 Å². The largest absolute Gasteiger partial charge is 0.502 e.